The van der Waals surface area contributed by atoms with Crippen molar-refractivity contribution in [3.63, 3.8) is 0 Å². The van der Waals surface area contributed by atoms with Crippen molar-refractivity contribution in [2.75, 3.05) is 0 Å². The molecule has 3 aromatic rings. The zero-order valence-electron chi connectivity index (χ0n) is 13.1. The number of rotatable bonds is 3. The van der Waals surface area contributed by atoms with Gasteiger partial charge in [-0.05, 0) is 24.3 Å². The van der Waals surface area contributed by atoms with Gasteiger partial charge in [0.05, 0.1) is 5.52 Å². The van der Waals surface area contributed by atoms with Crippen LogP contribution in [-0.4, -0.2) is 16.8 Å². The van der Waals surface area contributed by atoms with Gasteiger partial charge in [0.15, 0.2) is 0 Å². The molecule has 0 saturated heterocycles. The molecule has 0 unspecified atom stereocenters. The van der Waals surface area contributed by atoms with E-state index in [9.17, 15) is 14.0 Å². The highest BCUT2D eigenvalue weighted by atomic mass is 19.1. The molecule has 0 bridgehead atoms. The first-order chi connectivity index (χ1) is 12.1. The molecule has 0 aliphatic heterocycles. The van der Waals surface area contributed by atoms with Gasteiger partial charge in [-0.15, -0.1) is 0 Å². The normalized spacial score (nSPS) is 10.8. The highest BCUT2D eigenvalue weighted by Gasteiger charge is 2.08. The fraction of sp³-hybridized carbons (Fsp3) is 0. The third kappa shape index (κ3) is 4.06. The number of pyridine rings is 1. The van der Waals surface area contributed by atoms with Gasteiger partial charge in [0.2, 0.25) is 0 Å². The molecule has 124 valence electrons. The SMILES string of the molecule is O=C(/C=C/c1ccccc1F)NNC(=O)c1ccc2ccccc2n1. The van der Waals surface area contributed by atoms with Crippen LogP contribution in [0.25, 0.3) is 17.0 Å². The van der Waals surface area contributed by atoms with Gasteiger partial charge in [-0.1, -0.05) is 42.5 Å². The average molecular weight is 335 g/mol. The summed E-state index contributed by atoms with van der Waals surface area (Å²) < 4.78 is 13.4. The van der Waals surface area contributed by atoms with Crippen molar-refractivity contribution in [1.29, 1.82) is 0 Å². The van der Waals surface area contributed by atoms with Crippen molar-refractivity contribution in [3.8, 4) is 0 Å². The summed E-state index contributed by atoms with van der Waals surface area (Å²) in [7, 11) is 0. The second kappa shape index (κ2) is 7.35. The maximum Gasteiger partial charge on any atom is 0.288 e. The van der Waals surface area contributed by atoms with Gasteiger partial charge in [0.1, 0.15) is 11.5 Å². The molecule has 5 nitrogen and oxygen atoms in total. The number of halogens is 1. The third-order valence-electron chi connectivity index (χ3n) is 3.45. The zero-order valence-corrected chi connectivity index (χ0v) is 13.1. The van der Waals surface area contributed by atoms with Gasteiger partial charge < -0.3 is 0 Å². The predicted octanol–water partition coefficient (Wildman–Crippen LogP) is 2.85. The lowest BCUT2D eigenvalue weighted by atomic mass is 10.2. The molecule has 0 fully saturated rings. The van der Waals surface area contributed by atoms with Gasteiger partial charge >= 0.3 is 0 Å². The van der Waals surface area contributed by atoms with Crippen molar-refractivity contribution in [1.82, 2.24) is 15.8 Å². The van der Waals surface area contributed by atoms with Crippen molar-refractivity contribution < 1.29 is 14.0 Å². The number of nitrogens with one attached hydrogen (secondary N) is 2. The van der Waals surface area contributed by atoms with Gasteiger partial charge in [0.25, 0.3) is 11.8 Å². The van der Waals surface area contributed by atoms with Crippen LogP contribution in [0.5, 0.6) is 0 Å². The van der Waals surface area contributed by atoms with E-state index in [1.165, 1.54) is 18.2 Å². The Labute approximate surface area is 143 Å². The standard InChI is InChI=1S/C19H14FN3O2/c20-15-7-3-1-5-13(15)10-12-18(24)22-23-19(25)17-11-9-14-6-2-4-8-16(14)21-17/h1-12H,(H,22,24)(H,23,25)/b12-10+. The number of fused-ring (bicyclic) bond motifs is 1. The minimum absolute atomic E-state index is 0.178. The quantitative estimate of drug-likeness (QED) is 0.571. The van der Waals surface area contributed by atoms with E-state index in [2.05, 4.69) is 15.8 Å². The molecular formula is C19H14FN3O2. The number of carbonyl (C=O) groups is 2. The summed E-state index contributed by atoms with van der Waals surface area (Å²) in [5.41, 5.74) is 5.64. The van der Waals surface area contributed by atoms with Crippen molar-refractivity contribution in [2.45, 2.75) is 0 Å². The number of hydrogen-bond donors (Lipinski definition) is 2. The summed E-state index contributed by atoms with van der Waals surface area (Å²) in [6.45, 7) is 0. The van der Waals surface area contributed by atoms with E-state index < -0.39 is 17.6 Å². The number of benzene rings is 2. The largest absolute Gasteiger partial charge is 0.288 e. The molecule has 1 aromatic heterocycles. The number of para-hydroxylation sites is 1. The second-order valence-corrected chi connectivity index (χ2v) is 5.19. The van der Waals surface area contributed by atoms with Crippen molar-refractivity contribution >= 4 is 28.8 Å². The van der Waals surface area contributed by atoms with Crippen LogP contribution >= 0.6 is 0 Å². The number of hydrogen-bond acceptors (Lipinski definition) is 3. The topological polar surface area (TPSA) is 71.1 Å². The summed E-state index contributed by atoms with van der Waals surface area (Å²) >= 11 is 0. The van der Waals surface area contributed by atoms with Crippen molar-refractivity contribution in [2.24, 2.45) is 0 Å². The maximum absolute atomic E-state index is 13.4. The first-order valence-corrected chi connectivity index (χ1v) is 7.52. The Morgan fingerprint density at radius 3 is 2.52 bits per heavy atom. The Hall–Kier alpha value is -3.54. The van der Waals surface area contributed by atoms with Crippen LogP contribution in [-0.2, 0) is 4.79 Å². The lowest BCUT2D eigenvalue weighted by Crippen LogP contribution is -2.41. The summed E-state index contributed by atoms with van der Waals surface area (Å²) in [4.78, 5) is 28.0. The van der Waals surface area contributed by atoms with Crippen molar-refractivity contribution in [3.05, 3.63) is 83.8 Å². The lowest BCUT2D eigenvalue weighted by Gasteiger charge is -2.05. The minimum Gasteiger partial charge on any atom is -0.268 e. The van der Waals surface area contributed by atoms with E-state index >= 15 is 0 Å². The molecule has 0 atom stereocenters. The zero-order chi connectivity index (χ0) is 17.6. The molecule has 3 rings (SSSR count). The number of aromatic nitrogens is 1. The van der Waals surface area contributed by atoms with Crippen LogP contribution in [0, 0.1) is 5.82 Å². The Morgan fingerprint density at radius 1 is 0.920 bits per heavy atom. The Kier molecular flexibility index (Phi) is 4.80. The number of nitrogens with zero attached hydrogens (tertiary/aromatic N) is 1. The summed E-state index contributed by atoms with van der Waals surface area (Å²) in [5.74, 6) is -1.56. The van der Waals surface area contributed by atoms with Gasteiger partial charge in [-0.25, -0.2) is 9.37 Å². The molecule has 2 amide bonds. The minimum atomic E-state index is -0.586. The molecule has 6 heteroatoms. The van der Waals surface area contributed by atoms with E-state index in [0.717, 1.165) is 11.5 Å². The summed E-state index contributed by atoms with van der Waals surface area (Å²) in [6, 6.07) is 16.8. The fourth-order valence-electron chi connectivity index (χ4n) is 2.19. The third-order valence-corrected chi connectivity index (χ3v) is 3.45. The maximum atomic E-state index is 13.4. The number of hydrazine groups is 1. The molecular weight excluding hydrogens is 321 g/mol. The Bertz CT molecular complexity index is 970. The molecule has 0 radical (unpaired) electrons. The number of amides is 2. The average Bonchev–Trinajstić information content (AvgIpc) is 2.65. The van der Waals surface area contributed by atoms with E-state index in [-0.39, 0.29) is 11.3 Å². The first-order valence-electron chi connectivity index (χ1n) is 7.52. The molecule has 2 aromatic carbocycles. The van der Waals surface area contributed by atoms with E-state index in [0.29, 0.717) is 5.52 Å². The molecule has 0 aliphatic rings. The molecule has 25 heavy (non-hydrogen) atoms. The lowest BCUT2D eigenvalue weighted by molar-refractivity contribution is -0.117. The van der Waals surface area contributed by atoms with Crippen LogP contribution in [0.3, 0.4) is 0 Å². The first kappa shape index (κ1) is 16.3. The van der Waals surface area contributed by atoms with Gasteiger partial charge in [0, 0.05) is 17.0 Å². The second-order valence-electron chi connectivity index (χ2n) is 5.19. The van der Waals surface area contributed by atoms with Crippen LogP contribution in [0.4, 0.5) is 4.39 Å². The van der Waals surface area contributed by atoms with Crippen LogP contribution in [0.15, 0.2) is 66.7 Å². The van der Waals surface area contributed by atoms with Crippen LogP contribution in [0.1, 0.15) is 16.1 Å². The summed E-state index contributed by atoms with van der Waals surface area (Å²) in [6.07, 6.45) is 2.46. The molecule has 0 spiro atoms. The van der Waals surface area contributed by atoms with Gasteiger partial charge in [-0.3, -0.25) is 20.4 Å². The van der Waals surface area contributed by atoms with E-state index in [1.54, 1.807) is 30.3 Å². The molecule has 0 aliphatic carbocycles. The Morgan fingerprint density at radius 2 is 1.68 bits per heavy atom. The van der Waals surface area contributed by atoms with E-state index in [4.69, 9.17) is 0 Å². The number of carbonyl (C=O) groups excluding carboxylic acids is 2. The molecule has 0 saturated carbocycles. The summed E-state index contributed by atoms with van der Waals surface area (Å²) in [5, 5.41) is 0.913. The van der Waals surface area contributed by atoms with Gasteiger partial charge in [-0.2, -0.15) is 0 Å². The fourth-order valence-corrected chi connectivity index (χ4v) is 2.19. The van der Waals surface area contributed by atoms with Crippen LogP contribution < -0.4 is 10.9 Å². The molecule has 2 N–H and O–H groups in total. The van der Waals surface area contributed by atoms with Crippen LogP contribution in [0.2, 0.25) is 0 Å². The smallest absolute Gasteiger partial charge is 0.268 e. The molecule has 1 heterocycles. The monoisotopic (exact) mass is 335 g/mol. The highest BCUT2D eigenvalue weighted by Crippen LogP contribution is 2.11. The van der Waals surface area contributed by atoms with E-state index in [1.807, 2.05) is 18.2 Å². The Balaban J connectivity index is 1.61. The predicted molar refractivity (Wildman–Crippen MR) is 92.8 cm³/mol. The highest BCUT2D eigenvalue weighted by molar-refractivity contribution is 5.98.